The standard InChI is InChI=1S/C35H33Cl2N3O4S/c1-3-4-19-44-29-17-15-27(16-18-29)38-33(41)23(2)45-30-12-8-11-28(22-30)39-35(43)32(20-25-13-14-26(36)21-31(25)37)40-34(42)24-9-6-5-7-10-24/h5-18,20-23H,3-4,19H2,1-2H3,(H,38,41)(H,39,43)(H,40,42)/b32-20+. The van der Waals surface area contributed by atoms with Crippen LogP contribution in [0.4, 0.5) is 11.4 Å². The summed E-state index contributed by atoms with van der Waals surface area (Å²) in [7, 11) is 0. The highest BCUT2D eigenvalue weighted by Crippen LogP contribution is 2.28. The Bertz CT molecular complexity index is 1660. The van der Waals surface area contributed by atoms with Gasteiger partial charge in [0.1, 0.15) is 11.4 Å². The summed E-state index contributed by atoms with van der Waals surface area (Å²) in [5.41, 5.74) is 2.04. The van der Waals surface area contributed by atoms with Crippen LogP contribution in [0.1, 0.15) is 42.6 Å². The van der Waals surface area contributed by atoms with Crippen LogP contribution in [0.3, 0.4) is 0 Å². The lowest BCUT2D eigenvalue weighted by Crippen LogP contribution is -2.30. The van der Waals surface area contributed by atoms with Crippen LogP contribution in [0, 0.1) is 0 Å². The number of rotatable bonds is 13. The number of benzene rings is 4. The maximum atomic E-state index is 13.5. The van der Waals surface area contributed by atoms with Gasteiger partial charge < -0.3 is 20.7 Å². The normalized spacial score (nSPS) is 11.8. The number of nitrogens with one attached hydrogen (secondary N) is 3. The Hall–Kier alpha value is -4.24. The first kappa shape index (κ1) is 33.6. The highest BCUT2D eigenvalue weighted by molar-refractivity contribution is 8.00. The van der Waals surface area contributed by atoms with Gasteiger partial charge in [-0.25, -0.2) is 0 Å². The second kappa shape index (κ2) is 16.7. The molecule has 10 heteroatoms. The maximum absolute atomic E-state index is 13.5. The van der Waals surface area contributed by atoms with Crippen LogP contribution in [0.2, 0.25) is 10.0 Å². The number of anilines is 2. The fourth-order valence-electron chi connectivity index (χ4n) is 4.03. The molecule has 0 radical (unpaired) electrons. The third-order valence-electron chi connectivity index (χ3n) is 6.45. The second-order valence-corrected chi connectivity index (χ2v) is 12.3. The molecule has 0 aliphatic heterocycles. The molecule has 0 saturated heterocycles. The molecule has 0 heterocycles. The first-order valence-electron chi connectivity index (χ1n) is 14.4. The minimum absolute atomic E-state index is 0.0133. The summed E-state index contributed by atoms with van der Waals surface area (Å²) in [5.74, 6) is -0.412. The third-order valence-corrected chi connectivity index (χ3v) is 8.11. The molecule has 0 fully saturated rings. The van der Waals surface area contributed by atoms with Crippen LogP contribution in [0.25, 0.3) is 6.08 Å². The van der Waals surface area contributed by atoms with E-state index in [1.54, 1.807) is 66.7 Å². The van der Waals surface area contributed by atoms with Crippen molar-refractivity contribution in [2.45, 2.75) is 36.8 Å². The Morgan fingerprint density at radius 3 is 2.33 bits per heavy atom. The minimum atomic E-state index is -0.555. The fourth-order valence-corrected chi connectivity index (χ4v) is 5.42. The molecule has 0 spiro atoms. The van der Waals surface area contributed by atoms with Gasteiger partial charge in [-0.05, 0) is 91.7 Å². The molecule has 1 atom stereocenters. The zero-order valence-electron chi connectivity index (χ0n) is 24.8. The summed E-state index contributed by atoms with van der Waals surface area (Å²) in [6.45, 7) is 4.58. The highest BCUT2D eigenvalue weighted by Gasteiger charge is 2.18. The number of carbonyl (C=O) groups excluding carboxylic acids is 3. The van der Waals surface area contributed by atoms with E-state index >= 15 is 0 Å². The van der Waals surface area contributed by atoms with Crippen LogP contribution >= 0.6 is 35.0 Å². The molecular formula is C35H33Cl2N3O4S. The summed E-state index contributed by atoms with van der Waals surface area (Å²) in [6.07, 6.45) is 3.53. The zero-order valence-corrected chi connectivity index (χ0v) is 27.1. The SMILES string of the molecule is CCCCOc1ccc(NC(=O)C(C)Sc2cccc(NC(=O)/C(=C\c3ccc(Cl)cc3Cl)NC(=O)c3ccccc3)c2)cc1. The highest BCUT2D eigenvalue weighted by atomic mass is 35.5. The van der Waals surface area contributed by atoms with Crippen molar-refractivity contribution in [1.82, 2.24) is 5.32 Å². The summed E-state index contributed by atoms with van der Waals surface area (Å²) >= 11 is 13.7. The molecule has 0 aromatic heterocycles. The van der Waals surface area contributed by atoms with Gasteiger partial charge in [-0.2, -0.15) is 0 Å². The topological polar surface area (TPSA) is 96.5 Å². The number of amides is 3. The fraction of sp³-hybridized carbons (Fsp3) is 0.171. The van der Waals surface area contributed by atoms with Gasteiger partial charge in [0.2, 0.25) is 5.91 Å². The number of carbonyl (C=O) groups is 3. The van der Waals surface area contributed by atoms with E-state index in [0.29, 0.717) is 39.2 Å². The van der Waals surface area contributed by atoms with Gasteiger partial charge in [0.05, 0.1) is 11.9 Å². The van der Waals surface area contributed by atoms with Crippen molar-refractivity contribution in [3.05, 3.63) is 124 Å². The predicted molar refractivity (Wildman–Crippen MR) is 184 cm³/mol. The van der Waals surface area contributed by atoms with E-state index in [0.717, 1.165) is 23.5 Å². The molecule has 3 N–H and O–H groups in total. The molecular weight excluding hydrogens is 629 g/mol. The Morgan fingerprint density at radius 2 is 1.62 bits per heavy atom. The van der Waals surface area contributed by atoms with Crippen LogP contribution in [0.15, 0.2) is 108 Å². The van der Waals surface area contributed by atoms with E-state index in [9.17, 15) is 14.4 Å². The molecule has 0 saturated carbocycles. The number of halogens is 2. The number of thioether (sulfide) groups is 1. The van der Waals surface area contributed by atoms with E-state index < -0.39 is 17.1 Å². The Balaban J connectivity index is 1.43. The average Bonchev–Trinajstić information content (AvgIpc) is 3.03. The Kier molecular flexibility index (Phi) is 12.5. The monoisotopic (exact) mass is 661 g/mol. The molecule has 0 aliphatic carbocycles. The lowest BCUT2D eigenvalue weighted by Gasteiger charge is -2.14. The second-order valence-electron chi connectivity index (χ2n) is 10.0. The van der Waals surface area contributed by atoms with E-state index in [1.165, 1.54) is 17.8 Å². The smallest absolute Gasteiger partial charge is 0.272 e. The zero-order chi connectivity index (χ0) is 32.2. The third kappa shape index (κ3) is 10.4. The molecule has 4 aromatic rings. The number of hydrogen-bond donors (Lipinski definition) is 3. The van der Waals surface area contributed by atoms with E-state index in [1.807, 2.05) is 37.3 Å². The molecule has 0 aliphatic rings. The summed E-state index contributed by atoms with van der Waals surface area (Å²) < 4.78 is 5.68. The van der Waals surface area contributed by atoms with Crippen molar-refractivity contribution in [3.8, 4) is 5.75 Å². The van der Waals surface area contributed by atoms with Gasteiger partial charge >= 0.3 is 0 Å². The van der Waals surface area contributed by atoms with Gasteiger partial charge in [-0.3, -0.25) is 14.4 Å². The molecule has 7 nitrogen and oxygen atoms in total. The van der Waals surface area contributed by atoms with Gasteiger partial charge in [0.15, 0.2) is 0 Å². The number of unbranched alkanes of at least 4 members (excludes halogenated alkanes) is 1. The Morgan fingerprint density at radius 1 is 0.867 bits per heavy atom. The van der Waals surface area contributed by atoms with Gasteiger partial charge in [-0.15, -0.1) is 11.8 Å². The van der Waals surface area contributed by atoms with Crippen LogP contribution in [-0.4, -0.2) is 29.6 Å². The molecule has 1 unspecified atom stereocenters. The number of ether oxygens (including phenoxy) is 1. The van der Waals surface area contributed by atoms with Crippen molar-refractivity contribution < 1.29 is 19.1 Å². The summed E-state index contributed by atoms with van der Waals surface area (Å²) in [5, 5.41) is 8.81. The molecule has 45 heavy (non-hydrogen) atoms. The predicted octanol–water partition coefficient (Wildman–Crippen LogP) is 8.70. The van der Waals surface area contributed by atoms with Gasteiger partial charge in [-0.1, -0.05) is 66.9 Å². The summed E-state index contributed by atoms with van der Waals surface area (Å²) in [6, 6.07) is 27.8. The molecule has 232 valence electrons. The Labute approximate surface area is 277 Å². The van der Waals surface area contributed by atoms with E-state index in [4.69, 9.17) is 27.9 Å². The van der Waals surface area contributed by atoms with Gasteiger partial charge in [0.25, 0.3) is 11.8 Å². The quantitative estimate of drug-likeness (QED) is 0.0756. The molecule has 4 rings (SSSR count). The van der Waals surface area contributed by atoms with Crippen LogP contribution in [-0.2, 0) is 9.59 Å². The first-order chi connectivity index (χ1) is 21.7. The maximum Gasteiger partial charge on any atom is 0.272 e. The molecule has 4 aromatic carbocycles. The van der Waals surface area contributed by atoms with Crippen molar-refractivity contribution >= 4 is 70.1 Å². The van der Waals surface area contributed by atoms with Gasteiger partial charge in [0, 0.05) is 31.9 Å². The van der Waals surface area contributed by atoms with Crippen molar-refractivity contribution in [2.75, 3.05) is 17.2 Å². The van der Waals surface area contributed by atoms with E-state index in [2.05, 4.69) is 22.9 Å². The van der Waals surface area contributed by atoms with Crippen molar-refractivity contribution in [3.63, 3.8) is 0 Å². The lowest BCUT2D eigenvalue weighted by atomic mass is 10.1. The molecule has 0 bridgehead atoms. The first-order valence-corrected chi connectivity index (χ1v) is 16.0. The summed E-state index contributed by atoms with van der Waals surface area (Å²) in [4.78, 5) is 40.1. The average molecular weight is 663 g/mol. The lowest BCUT2D eigenvalue weighted by molar-refractivity contribution is -0.115. The largest absolute Gasteiger partial charge is 0.494 e. The van der Waals surface area contributed by atoms with E-state index in [-0.39, 0.29) is 11.6 Å². The van der Waals surface area contributed by atoms with Crippen molar-refractivity contribution in [1.29, 1.82) is 0 Å². The number of hydrogen-bond acceptors (Lipinski definition) is 5. The van der Waals surface area contributed by atoms with Crippen LogP contribution < -0.4 is 20.7 Å². The van der Waals surface area contributed by atoms with Crippen molar-refractivity contribution in [2.24, 2.45) is 0 Å². The molecule has 3 amide bonds. The van der Waals surface area contributed by atoms with Crippen LogP contribution in [0.5, 0.6) is 5.75 Å². The minimum Gasteiger partial charge on any atom is -0.494 e.